The second-order valence-electron chi connectivity index (χ2n) is 8.40. The molecule has 0 bridgehead atoms. The van der Waals surface area contributed by atoms with Crippen LogP contribution < -0.4 is 15.8 Å². The molecule has 1 amide bonds. The zero-order valence-electron chi connectivity index (χ0n) is 18.4. The van der Waals surface area contributed by atoms with E-state index in [0.717, 1.165) is 36.1 Å². The summed E-state index contributed by atoms with van der Waals surface area (Å²) < 4.78 is 11.5. The Morgan fingerprint density at radius 3 is 2.75 bits per heavy atom. The molecule has 2 fully saturated rings. The first-order valence-electron chi connectivity index (χ1n) is 11.3. The van der Waals surface area contributed by atoms with Crippen molar-refractivity contribution >= 4 is 17.5 Å². The number of amides is 1. The van der Waals surface area contributed by atoms with E-state index in [0.29, 0.717) is 44.1 Å². The van der Waals surface area contributed by atoms with E-state index in [4.69, 9.17) is 15.2 Å². The normalized spacial score (nSPS) is 20.6. The van der Waals surface area contributed by atoms with E-state index >= 15 is 0 Å². The maximum atomic E-state index is 12.5. The van der Waals surface area contributed by atoms with Crippen LogP contribution in [0.1, 0.15) is 44.6 Å². The van der Waals surface area contributed by atoms with Crippen molar-refractivity contribution in [3.63, 3.8) is 0 Å². The molecule has 1 aromatic carbocycles. The minimum atomic E-state index is -0.252. The topological polar surface area (TPSA) is 116 Å². The van der Waals surface area contributed by atoms with Crippen LogP contribution in [0.2, 0.25) is 0 Å². The second-order valence-corrected chi connectivity index (χ2v) is 8.40. The van der Waals surface area contributed by atoms with E-state index in [1.54, 1.807) is 6.07 Å². The lowest BCUT2D eigenvalue weighted by atomic mass is 10.1. The summed E-state index contributed by atoms with van der Waals surface area (Å²) in [6.07, 6.45) is 5.26. The van der Waals surface area contributed by atoms with Crippen molar-refractivity contribution in [3.05, 3.63) is 36.2 Å². The number of anilines is 1. The van der Waals surface area contributed by atoms with E-state index in [2.05, 4.69) is 15.3 Å². The van der Waals surface area contributed by atoms with Crippen molar-refractivity contribution < 1.29 is 19.1 Å². The fraction of sp³-hybridized carbons (Fsp3) is 0.500. The highest BCUT2D eigenvalue weighted by Gasteiger charge is 2.47. The van der Waals surface area contributed by atoms with Crippen LogP contribution in [0, 0.1) is 11.8 Å². The quantitative estimate of drug-likeness (QED) is 0.618. The van der Waals surface area contributed by atoms with Crippen molar-refractivity contribution in [3.8, 4) is 17.0 Å². The summed E-state index contributed by atoms with van der Waals surface area (Å²) in [6, 6.07) is 7.55. The van der Waals surface area contributed by atoms with Gasteiger partial charge in [0.25, 0.3) is 0 Å². The maximum absolute atomic E-state index is 12.5. The minimum absolute atomic E-state index is 0.135. The van der Waals surface area contributed by atoms with Crippen LogP contribution in [-0.4, -0.2) is 41.0 Å². The van der Waals surface area contributed by atoms with Gasteiger partial charge < -0.3 is 20.5 Å². The molecule has 0 spiro atoms. The molecule has 2 aromatic rings. The molecule has 0 radical (unpaired) electrons. The Labute approximate surface area is 187 Å². The lowest BCUT2D eigenvalue weighted by Crippen LogP contribution is -2.26. The summed E-state index contributed by atoms with van der Waals surface area (Å²) in [7, 11) is 0. The van der Waals surface area contributed by atoms with Gasteiger partial charge in [-0.15, -0.1) is 0 Å². The Morgan fingerprint density at radius 1 is 1.19 bits per heavy atom. The molecule has 1 saturated heterocycles. The van der Waals surface area contributed by atoms with E-state index in [1.165, 1.54) is 6.33 Å². The number of carbonyl (C=O) groups is 2. The van der Waals surface area contributed by atoms with E-state index in [9.17, 15) is 9.59 Å². The number of Topliss-reactive ketones (excluding diaryl/α,β-unsaturated/α-hetero) is 1. The molecule has 8 heteroatoms. The number of aromatic nitrogens is 2. The second kappa shape index (κ2) is 10.2. The Morgan fingerprint density at radius 2 is 2.00 bits per heavy atom. The number of hydrogen-bond donors (Lipinski definition) is 2. The van der Waals surface area contributed by atoms with E-state index in [1.807, 2.05) is 25.1 Å². The molecule has 0 unspecified atom stereocenters. The molecule has 170 valence electrons. The number of benzene rings is 1. The van der Waals surface area contributed by atoms with Gasteiger partial charge in [0, 0.05) is 54.8 Å². The van der Waals surface area contributed by atoms with Gasteiger partial charge in [-0.3, -0.25) is 9.59 Å². The smallest absolute Gasteiger partial charge is 0.229 e. The Balaban J connectivity index is 1.43. The van der Waals surface area contributed by atoms with Crippen molar-refractivity contribution in [1.82, 2.24) is 9.97 Å². The molecule has 2 heterocycles. The van der Waals surface area contributed by atoms with Gasteiger partial charge in [-0.1, -0.05) is 6.92 Å². The van der Waals surface area contributed by atoms with Crippen molar-refractivity contribution in [1.29, 1.82) is 0 Å². The maximum Gasteiger partial charge on any atom is 0.229 e. The van der Waals surface area contributed by atoms with E-state index < -0.39 is 0 Å². The zero-order valence-corrected chi connectivity index (χ0v) is 18.4. The predicted molar refractivity (Wildman–Crippen MR) is 120 cm³/mol. The third-order valence-corrected chi connectivity index (χ3v) is 5.99. The molecule has 3 N–H and O–H groups in total. The van der Waals surface area contributed by atoms with Gasteiger partial charge in [0.2, 0.25) is 5.91 Å². The molecule has 1 aliphatic heterocycles. The van der Waals surface area contributed by atoms with Crippen molar-refractivity contribution in [2.24, 2.45) is 17.6 Å². The van der Waals surface area contributed by atoms with Crippen LogP contribution in [-0.2, 0) is 20.9 Å². The molecule has 8 nitrogen and oxygen atoms in total. The van der Waals surface area contributed by atoms with Crippen molar-refractivity contribution in [2.45, 2.75) is 51.7 Å². The summed E-state index contributed by atoms with van der Waals surface area (Å²) in [5.74, 6) is 0.817. The molecule has 1 saturated carbocycles. The molecule has 4 rings (SSSR count). The highest BCUT2D eigenvalue weighted by atomic mass is 16.5. The van der Waals surface area contributed by atoms with Gasteiger partial charge in [0.05, 0.1) is 18.9 Å². The van der Waals surface area contributed by atoms with Crippen LogP contribution >= 0.6 is 0 Å². The van der Waals surface area contributed by atoms with Gasteiger partial charge in [0.15, 0.2) is 0 Å². The third kappa shape index (κ3) is 5.31. The molecule has 2 aliphatic rings. The first-order chi connectivity index (χ1) is 15.6. The highest BCUT2D eigenvalue weighted by molar-refractivity contribution is 5.99. The SMILES string of the molecule is CCCC(=O)[C@@H]1C[C@H]1C(=O)Nc1cc(-c2ccc(OC3CCOCC3)c(CN)c2)ncn1. The monoisotopic (exact) mass is 438 g/mol. The third-order valence-electron chi connectivity index (χ3n) is 5.99. The van der Waals surface area contributed by atoms with Gasteiger partial charge >= 0.3 is 0 Å². The lowest BCUT2D eigenvalue weighted by Gasteiger charge is -2.24. The first-order valence-corrected chi connectivity index (χ1v) is 11.3. The Hall–Kier alpha value is -2.84. The Bertz CT molecular complexity index is 974. The van der Waals surface area contributed by atoms with Crippen molar-refractivity contribution in [2.75, 3.05) is 18.5 Å². The number of ether oxygens (including phenoxy) is 2. The standard InChI is InChI=1S/C24H30N4O4/c1-2-3-21(29)18-11-19(18)24(30)28-23-12-20(26-14-27-23)15-4-5-22(16(10-15)13-25)32-17-6-8-31-9-7-17/h4-5,10,12,14,17-19H,2-3,6-9,11,13,25H2,1H3,(H,26,27,28,30)/t18-,19-/m1/s1. The van der Waals surface area contributed by atoms with Crippen LogP contribution in [0.4, 0.5) is 5.82 Å². The number of nitrogens with zero attached hydrogens (tertiary/aromatic N) is 2. The molecule has 1 aromatic heterocycles. The van der Waals surface area contributed by atoms with Crippen LogP contribution in [0.5, 0.6) is 5.75 Å². The summed E-state index contributed by atoms with van der Waals surface area (Å²) in [5, 5.41) is 2.83. The first kappa shape index (κ1) is 22.4. The average Bonchev–Trinajstić information content (AvgIpc) is 3.62. The van der Waals surface area contributed by atoms with Crippen LogP contribution in [0.25, 0.3) is 11.3 Å². The van der Waals surface area contributed by atoms with Gasteiger partial charge in [-0.25, -0.2) is 9.97 Å². The molecular weight excluding hydrogens is 408 g/mol. The number of hydrogen-bond acceptors (Lipinski definition) is 7. The summed E-state index contributed by atoms with van der Waals surface area (Å²) in [6.45, 7) is 3.74. The van der Waals surface area contributed by atoms with Crippen LogP contribution in [0.15, 0.2) is 30.6 Å². The van der Waals surface area contributed by atoms with Gasteiger partial charge in [-0.2, -0.15) is 0 Å². The lowest BCUT2D eigenvalue weighted by molar-refractivity contribution is -0.123. The molecule has 2 atom stereocenters. The summed E-state index contributed by atoms with van der Waals surface area (Å²) in [4.78, 5) is 33.0. The number of ketones is 1. The molecular formula is C24H30N4O4. The fourth-order valence-electron chi connectivity index (χ4n) is 4.06. The summed E-state index contributed by atoms with van der Waals surface area (Å²) >= 11 is 0. The average molecular weight is 439 g/mol. The highest BCUT2D eigenvalue weighted by Crippen LogP contribution is 2.41. The predicted octanol–water partition coefficient (Wildman–Crippen LogP) is 3.10. The van der Waals surface area contributed by atoms with Gasteiger partial charge in [0.1, 0.15) is 29.8 Å². The zero-order chi connectivity index (χ0) is 22.5. The number of rotatable bonds is 9. The number of carbonyl (C=O) groups excluding carboxylic acids is 2. The van der Waals surface area contributed by atoms with Crippen LogP contribution in [0.3, 0.4) is 0 Å². The summed E-state index contributed by atoms with van der Waals surface area (Å²) in [5.41, 5.74) is 8.42. The largest absolute Gasteiger partial charge is 0.490 e. The number of nitrogens with two attached hydrogens (primary N) is 1. The van der Waals surface area contributed by atoms with Gasteiger partial charge in [-0.05, 0) is 31.0 Å². The minimum Gasteiger partial charge on any atom is -0.490 e. The number of nitrogens with one attached hydrogen (secondary N) is 1. The molecule has 1 aliphatic carbocycles. The Kier molecular flexibility index (Phi) is 7.12. The van der Waals surface area contributed by atoms with E-state index in [-0.39, 0.29) is 29.6 Å². The fourth-order valence-corrected chi connectivity index (χ4v) is 4.06. The molecule has 32 heavy (non-hydrogen) atoms.